The molecule has 12 nitrogen and oxygen atoms in total. The van der Waals surface area contributed by atoms with Gasteiger partial charge in [0.25, 0.3) is 0 Å². The van der Waals surface area contributed by atoms with Gasteiger partial charge < -0.3 is 39.0 Å². The van der Waals surface area contributed by atoms with Gasteiger partial charge in [-0.3, -0.25) is 14.4 Å². The molecule has 0 saturated carbocycles. The average molecular weight is 977 g/mol. The number of hydrogen-bond donors (Lipinski definition) is 3. The molecular weight excluding hydrogens is 877 g/mol. The van der Waals surface area contributed by atoms with Gasteiger partial charge in [0.1, 0.15) is 18.8 Å². The first-order valence-electron chi connectivity index (χ1n) is 28.0. The number of carbonyl (C=O) groups excluding carboxylic acids is 3. The van der Waals surface area contributed by atoms with Crippen LogP contribution in [0, 0.1) is 0 Å². The van der Waals surface area contributed by atoms with Crippen LogP contribution in [0.3, 0.4) is 0 Å². The summed E-state index contributed by atoms with van der Waals surface area (Å²) in [6.45, 7) is 5.87. The maximum atomic E-state index is 13.1. The van der Waals surface area contributed by atoms with Gasteiger partial charge in [0.15, 0.2) is 24.6 Å². The molecule has 12 heteroatoms. The van der Waals surface area contributed by atoms with E-state index in [0.717, 1.165) is 116 Å². The number of unbranched alkanes of at least 4 members (excludes halogenated alkanes) is 27. The third-order valence-corrected chi connectivity index (χ3v) is 12.7. The minimum atomic E-state index is -1.90. The van der Waals surface area contributed by atoms with Crippen molar-refractivity contribution in [3.05, 3.63) is 36.5 Å². The Morgan fingerprint density at radius 3 is 1.42 bits per heavy atom. The SMILES string of the molecule is CCC/C=C\C/C=C\CCCCCCCC(=O)OCC(COC1OC(C(=O)O)C(O)C(O)C1OC(=O)CCCCCCCCCCCCCCCCC)OC(=O)CCCCCCC/C=C\CCCC. The van der Waals surface area contributed by atoms with Gasteiger partial charge >= 0.3 is 23.9 Å². The number of ether oxygens (including phenoxy) is 5. The first-order valence-corrected chi connectivity index (χ1v) is 28.0. The van der Waals surface area contributed by atoms with E-state index in [1.165, 1.54) is 77.0 Å². The fraction of sp³-hybridized carbons (Fsp3) is 0.825. The summed E-state index contributed by atoms with van der Waals surface area (Å²) in [6.07, 6.45) is 39.8. The van der Waals surface area contributed by atoms with Crippen molar-refractivity contribution in [3.63, 3.8) is 0 Å². The predicted octanol–water partition coefficient (Wildman–Crippen LogP) is 13.7. The quantitative estimate of drug-likeness (QED) is 0.0228. The molecule has 1 aliphatic rings. The summed E-state index contributed by atoms with van der Waals surface area (Å²) in [5.74, 6) is -3.13. The molecule has 0 radical (unpaired) electrons. The highest BCUT2D eigenvalue weighted by Gasteiger charge is 2.50. The van der Waals surface area contributed by atoms with Crippen LogP contribution in [0.4, 0.5) is 0 Å². The minimum absolute atomic E-state index is 0.0630. The van der Waals surface area contributed by atoms with Gasteiger partial charge in [-0.05, 0) is 64.2 Å². The smallest absolute Gasteiger partial charge is 0.335 e. The number of esters is 3. The Morgan fingerprint density at radius 1 is 0.478 bits per heavy atom. The number of carbonyl (C=O) groups is 4. The molecular formula is C57H100O12. The largest absolute Gasteiger partial charge is 0.479 e. The molecule has 1 rings (SSSR count). The lowest BCUT2D eigenvalue weighted by atomic mass is 9.98. The fourth-order valence-corrected chi connectivity index (χ4v) is 8.33. The van der Waals surface area contributed by atoms with Crippen LogP contribution in [-0.4, -0.2) is 89.2 Å². The lowest BCUT2D eigenvalue weighted by Gasteiger charge is -2.40. The first kappa shape index (κ1) is 64.0. The Bertz CT molecular complexity index is 1350. The van der Waals surface area contributed by atoms with Crippen molar-refractivity contribution >= 4 is 23.9 Å². The van der Waals surface area contributed by atoms with E-state index < -0.39 is 67.3 Å². The molecule has 1 fully saturated rings. The second-order valence-corrected chi connectivity index (χ2v) is 19.2. The molecule has 1 aliphatic heterocycles. The maximum absolute atomic E-state index is 13.1. The first-order chi connectivity index (χ1) is 33.6. The van der Waals surface area contributed by atoms with E-state index in [0.29, 0.717) is 19.3 Å². The van der Waals surface area contributed by atoms with Gasteiger partial charge in [-0.15, -0.1) is 0 Å². The van der Waals surface area contributed by atoms with E-state index in [-0.39, 0.29) is 25.9 Å². The molecule has 0 aliphatic carbocycles. The van der Waals surface area contributed by atoms with Crippen molar-refractivity contribution < 1.29 is 58.2 Å². The van der Waals surface area contributed by atoms with Crippen LogP contribution in [0.15, 0.2) is 36.5 Å². The van der Waals surface area contributed by atoms with Crippen LogP contribution in [0.25, 0.3) is 0 Å². The molecule has 0 aromatic carbocycles. The Hall–Kier alpha value is -3.06. The molecule has 0 amide bonds. The monoisotopic (exact) mass is 977 g/mol. The number of hydrogen-bond acceptors (Lipinski definition) is 11. The number of carboxylic acid groups (broad SMARTS) is 1. The van der Waals surface area contributed by atoms with Gasteiger partial charge in [-0.25, -0.2) is 4.79 Å². The van der Waals surface area contributed by atoms with E-state index >= 15 is 0 Å². The lowest BCUT2D eigenvalue weighted by molar-refractivity contribution is -0.301. The predicted molar refractivity (Wildman–Crippen MR) is 276 cm³/mol. The van der Waals surface area contributed by atoms with E-state index in [1.54, 1.807) is 0 Å². The maximum Gasteiger partial charge on any atom is 0.335 e. The number of allylic oxidation sites excluding steroid dienone is 6. The summed E-state index contributed by atoms with van der Waals surface area (Å²) in [7, 11) is 0. The second-order valence-electron chi connectivity index (χ2n) is 19.2. The van der Waals surface area contributed by atoms with Gasteiger partial charge in [0, 0.05) is 19.3 Å². The van der Waals surface area contributed by atoms with Crippen LogP contribution < -0.4 is 0 Å². The third kappa shape index (κ3) is 36.5. The summed E-state index contributed by atoms with van der Waals surface area (Å²) in [6, 6.07) is 0. The molecule has 6 atom stereocenters. The number of carboxylic acids is 1. The molecule has 6 unspecified atom stereocenters. The van der Waals surface area contributed by atoms with Crippen LogP contribution in [0.5, 0.6) is 0 Å². The fourth-order valence-electron chi connectivity index (χ4n) is 8.33. The average Bonchev–Trinajstić information content (AvgIpc) is 3.33. The summed E-state index contributed by atoms with van der Waals surface area (Å²) in [4.78, 5) is 50.9. The van der Waals surface area contributed by atoms with Gasteiger partial charge in [-0.1, -0.05) is 205 Å². The number of aliphatic hydroxyl groups is 2. The summed E-state index contributed by atoms with van der Waals surface area (Å²) >= 11 is 0. The standard InChI is InChI=1S/C57H100O12/c1-4-7-10-13-16-19-22-24-25-27-30-33-36-39-42-45-51(60)68-55-53(62)52(61)54(56(63)64)69-57(55)66-47-48(67-50(59)44-41-38-35-32-28-21-18-15-12-9-6-3)46-65-49(58)43-40-37-34-31-29-26-23-20-17-14-11-8-5-2/h11,14-15,18,20,23,48,52-55,57,61-62H,4-10,12-13,16-17,19,21-22,24-47H2,1-3H3,(H,63,64)/b14-11-,18-15-,23-20-. The lowest BCUT2D eigenvalue weighted by Crippen LogP contribution is -2.61. The van der Waals surface area contributed by atoms with Gasteiger partial charge in [0.2, 0.25) is 0 Å². The van der Waals surface area contributed by atoms with Crippen molar-refractivity contribution in [2.75, 3.05) is 13.2 Å². The molecule has 1 saturated heterocycles. The van der Waals surface area contributed by atoms with Crippen molar-refractivity contribution in [2.24, 2.45) is 0 Å². The highest BCUT2D eigenvalue weighted by Crippen LogP contribution is 2.26. The number of rotatable bonds is 47. The molecule has 400 valence electrons. The van der Waals surface area contributed by atoms with E-state index in [2.05, 4.69) is 57.2 Å². The Morgan fingerprint density at radius 2 is 0.913 bits per heavy atom. The van der Waals surface area contributed by atoms with Crippen LogP contribution >= 0.6 is 0 Å². The minimum Gasteiger partial charge on any atom is -0.479 e. The zero-order chi connectivity index (χ0) is 50.4. The van der Waals surface area contributed by atoms with Crippen LogP contribution in [-0.2, 0) is 42.9 Å². The normalized spacial score (nSPS) is 18.9. The highest BCUT2D eigenvalue weighted by molar-refractivity contribution is 5.74. The third-order valence-electron chi connectivity index (χ3n) is 12.7. The van der Waals surface area contributed by atoms with Crippen molar-refractivity contribution in [1.29, 1.82) is 0 Å². The molecule has 0 bridgehead atoms. The Labute approximate surface area is 419 Å². The summed E-state index contributed by atoms with van der Waals surface area (Å²) < 4.78 is 28.3. The zero-order valence-corrected chi connectivity index (χ0v) is 43.8. The molecule has 69 heavy (non-hydrogen) atoms. The van der Waals surface area contributed by atoms with E-state index in [1.807, 2.05) is 0 Å². The molecule has 0 aromatic rings. The van der Waals surface area contributed by atoms with Crippen molar-refractivity contribution in [2.45, 2.75) is 289 Å². The van der Waals surface area contributed by atoms with E-state index in [4.69, 9.17) is 23.7 Å². The van der Waals surface area contributed by atoms with Gasteiger partial charge in [0.05, 0.1) is 6.61 Å². The highest BCUT2D eigenvalue weighted by atomic mass is 16.7. The van der Waals surface area contributed by atoms with E-state index in [9.17, 15) is 34.5 Å². The van der Waals surface area contributed by atoms with Crippen LogP contribution in [0.2, 0.25) is 0 Å². The van der Waals surface area contributed by atoms with Crippen molar-refractivity contribution in [1.82, 2.24) is 0 Å². The van der Waals surface area contributed by atoms with Crippen molar-refractivity contribution in [3.8, 4) is 0 Å². The molecule has 0 spiro atoms. The second kappa shape index (κ2) is 46.0. The zero-order valence-electron chi connectivity index (χ0n) is 43.8. The molecule has 3 N–H and O–H groups in total. The molecule has 0 aromatic heterocycles. The Balaban J connectivity index is 2.70. The summed E-state index contributed by atoms with van der Waals surface area (Å²) in [5.41, 5.74) is 0. The van der Waals surface area contributed by atoms with Gasteiger partial charge in [-0.2, -0.15) is 0 Å². The Kier molecular flexibility index (Phi) is 42.7. The number of aliphatic hydroxyl groups excluding tert-OH is 2. The summed E-state index contributed by atoms with van der Waals surface area (Å²) in [5, 5.41) is 31.4. The molecule has 1 heterocycles. The number of aliphatic carboxylic acids is 1. The van der Waals surface area contributed by atoms with Crippen LogP contribution in [0.1, 0.15) is 252 Å². The topological polar surface area (TPSA) is 175 Å².